The molecular formula is C12H20Cl2N2OS. The molecular weight excluding hydrogens is 291 g/mol. The average molecular weight is 311 g/mol. The van der Waals surface area contributed by atoms with Gasteiger partial charge in [0.15, 0.2) is 0 Å². The normalized spacial score (nSPS) is 16.7. The van der Waals surface area contributed by atoms with Crippen molar-refractivity contribution in [3.8, 4) is 0 Å². The number of likely N-dealkylation sites (tertiary alicyclic amines) is 1. The highest BCUT2D eigenvalue weighted by Gasteiger charge is 2.15. The quantitative estimate of drug-likeness (QED) is 0.848. The Bertz CT molecular complexity index is 310. The highest BCUT2D eigenvalue weighted by atomic mass is 35.5. The fourth-order valence-electron chi connectivity index (χ4n) is 1.93. The lowest BCUT2D eigenvalue weighted by Gasteiger charge is -2.18. The molecule has 1 aliphatic heterocycles. The molecule has 2 heterocycles. The van der Waals surface area contributed by atoms with Gasteiger partial charge in [0, 0.05) is 18.5 Å². The first-order valence-corrected chi connectivity index (χ1v) is 6.77. The van der Waals surface area contributed by atoms with Crippen LogP contribution in [0.2, 0.25) is 0 Å². The second-order valence-corrected chi connectivity index (χ2v) is 5.18. The predicted octanol–water partition coefficient (Wildman–Crippen LogP) is 2.47. The highest BCUT2D eigenvalue weighted by molar-refractivity contribution is 7.99. The fourth-order valence-corrected chi connectivity index (χ4v) is 2.71. The zero-order valence-electron chi connectivity index (χ0n) is 10.2. The number of thioether (sulfide) groups is 1. The summed E-state index contributed by atoms with van der Waals surface area (Å²) in [4.78, 5) is 6.56. The Morgan fingerprint density at radius 3 is 2.61 bits per heavy atom. The van der Waals surface area contributed by atoms with Gasteiger partial charge in [-0.05, 0) is 38.1 Å². The van der Waals surface area contributed by atoms with Gasteiger partial charge >= 0.3 is 0 Å². The Morgan fingerprint density at radius 2 is 2.00 bits per heavy atom. The number of halogens is 2. The van der Waals surface area contributed by atoms with Crippen molar-refractivity contribution in [2.24, 2.45) is 0 Å². The van der Waals surface area contributed by atoms with E-state index in [-0.39, 0.29) is 30.9 Å². The number of hydrogen-bond donors (Lipinski definition) is 1. The first-order chi connectivity index (χ1) is 7.84. The van der Waals surface area contributed by atoms with E-state index in [4.69, 9.17) is 0 Å². The summed E-state index contributed by atoms with van der Waals surface area (Å²) in [5, 5.41) is 10.9. The maximum Gasteiger partial charge on any atom is 0.0960 e. The minimum Gasteiger partial charge on any atom is -0.391 e. The summed E-state index contributed by atoms with van der Waals surface area (Å²) in [6, 6.07) is 5.86. The van der Waals surface area contributed by atoms with E-state index in [9.17, 15) is 5.11 Å². The van der Waals surface area contributed by atoms with Gasteiger partial charge in [-0.25, -0.2) is 4.98 Å². The van der Waals surface area contributed by atoms with Crippen molar-refractivity contribution in [2.45, 2.75) is 24.0 Å². The maximum atomic E-state index is 9.88. The zero-order chi connectivity index (χ0) is 11.2. The maximum absolute atomic E-state index is 9.88. The van der Waals surface area contributed by atoms with E-state index in [1.165, 1.54) is 12.8 Å². The van der Waals surface area contributed by atoms with Crippen molar-refractivity contribution in [1.29, 1.82) is 0 Å². The molecule has 1 N–H and O–H groups in total. The third kappa shape index (κ3) is 6.25. The number of β-amino-alcohol motifs (C(OH)–C–C–N with tert-alkyl or cyclic N) is 1. The molecule has 1 atom stereocenters. The van der Waals surface area contributed by atoms with Gasteiger partial charge < -0.3 is 10.0 Å². The topological polar surface area (TPSA) is 36.4 Å². The largest absolute Gasteiger partial charge is 0.391 e. The van der Waals surface area contributed by atoms with Crippen molar-refractivity contribution in [3.05, 3.63) is 24.4 Å². The first kappa shape index (κ1) is 18.0. The summed E-state index contributed by atoms with van der Waals surface area (Å²) in [6.45, 7) is 3.09. The van der Waals surface area contributed by atoms with Gasteiger partial charge in [0.05, 0.1) is 11.1 Å². The summed E-state index contributed by atoms with van der Waals surface area (Å²) in [7, 11) is 0. The standard InChI is InChI=1S/C12H18N2OS.2ClH/c15-11(9-14-7-3-4-8-14)10-16-12-5-1-2-6-13-12;;/h1-2,5-6,11,15H,3-4,7-10H2;2*1H. The number of pyridine rings is 1. The molecule has 0 aromatic carbocycles. The van der Waals surface area contributed by atoms with Crippen molar-refractivity contribution >= 4 is 36.6 Å². The molecule has 0 aliphatic carbocycles. The van der Waals surface area contributed by atoms with Crippen LogP contribution in [0.25, 0.3) is 0 Å². The Labute approximate surface area is 125 Å². The van der Waals surface area contributed by atoms with Crippen LogP contribution in [-0.4, -0.2) is 46.5 Å². The van der Waals surface area contributed by atoms with Gasteiger partial charge in [0.25, 0.3) is 0 Å². The predicted molar refractivity (Wildman–Crippen MR) is 81.1 cm³/mol. The van der Waals surface area contributed by atoms with Crippen LogP contribution in [0.3, 0.4) is 0 Å². The van der Waals surface area contributed by atoms with E-state index in [1.807, 2.05) is 18.2 Å². The minimum atomic E-state index is -0.245. The molecule has 1 saturated heterocycles. The Hall–Kier alpha value is -0.000000000000000132. The molecule has 0 spiro atoms. The van der Waals surface area contributed by atoms with Gasteiger partial charge in [-0.15, -0.1) is 36.6 Å². The van der Waals surface area contributed by atoms with Crippen LogP contribution in [-0.2, 0) is 0 Å². The third-order valence-electron chi connectivity index (χ3n) is 2.73. The molecule has 1 aromatic rings. The van der Waals surface area contributed by atoms with Crippen LogP contribution in [0.15, 0.2) is 29.4 Å². The van der Waals surface area contributed by atoms with Gasteiger partial charge in [-0.1, -0.05) is 6.07 Å². The Morgan fingerprint density at radius 1 is 1.28 bits per heavy atom. The molecule has 1 aliphatic rings. The van der Waals surface area contributed by atoms with Crippen molar-refractivity contribution in [1.82, 2.24) is 9.88 Å². The molecule has 0 amide bonds. The van der Waals surface area contributed by atoms with Gasteiger partial charge in [0.2, 0.25) is 0 Å². The SMILES string of the molecule is Cl.Cl.OC(CSc1ccccn1)CN1CCCC1. The molecule has 0 bridgehead atoms. The number of hydrogen-bond acceptors (Lipinski definition) is 4. The zero-order valence-corrected chi connectivity index (χ0v) is 12.6. The van der Waals surface area contributed by atoms with E-state index in [2.05, 4.69) is 9.88 Å². The second-order valence-electron chi connectivity index (χ2n) is 4.14. The lowest BCUT2D eigenvalue weighted by atomic mass is 10.4. The number of aliphatic hydroxyl groups excluding tert-OH is 1. The molecule has 1 fully saturated rings. The summed E-state index contributed by atoms with van der Waals surface area (Å²) >= 11 is 1.62. The van der Waals surface area contributed by atoms with Crippen LogP contribution in [0.1, 0.15) is 12.8 Å². The molecule has 2 rings (SSSR count). The van der Waals surface area contributed by atoms with E-state index >= 15 is 0 Å². The summed E-state index contributed by atoms with van der Waals surface area (Å²) in [6.07, 6.45) is 4.10. The number of rotatable bonds is 5. The average Bonchev–Trinajstić information content (AvgIpc) is 2.81. The molecule has 6 heteroatoms. The van der Waals surface area contributed by atoms with Gasteiger partial charge in [-0.3, -0.25) is 0 Å². The van der Waals surface area contributed by atoms with Crippen molar-refractivity contribution < 1.29 is 5.11 Å². The Balaban J connectivity index is 0.00000144. The van der Waals surface area contributed by atoms with Crippen LogP contribution in [0.4, 0.5) is 0 Å². The third-order valence-corrected chi connectivity index (χ3v) is 3.82. The minimum absolute atomic E-state index is 0. The van der Waals surface area contributed by atoms with E-state index in [0.29, 0.717) is 0 Å². The van der Waals surface area contributed by atoms with E-state index < -0.39 is 0 Å². The number of aliphatic hydroxyl groups is 1. The van der Waals surface area contributed by atoms with Crippen LogP contribution >= 0.6 is 36.6 Å². The highest BCUT2D eigenvalue weighted by Crippen LogP contribution is 2.16. The second kappa shape index (κ2) is 9.87. The lowest BCUT2D eigenvalue weighted by Crippen LogP contribution is -2.31. The molecule has 0 radical (unpaired) electrons. The van der Waals surface area contributed by atoms with Crippen LogP contribution < -0.4 is 0 Å². The summed E-state index contributed by atoms with van der Waals surface area (Å²) in [5.41, 5.74) is 0. The van der Waals surface area contributed by atoms with Crippen molar-refractivity contribution in [3.63, 3.8) is 0 Å². The molecule has 3 nitrogen and oxygen atoms in total. The van der Waals surface area contributed by atoms with E-state index in [1.54, 1.807) is 18.0 Å². The van der Waals surface area contributed by atoms with E-state index in [0.717, 1.165) is 30.4 Å². The van der Waals surface area contributed by atoms with Gasteiger partial charge in [0.1, 0.15) is 0 Å². The monoisotopic (exact) mass is 310 g/mol. The summed E-state index contributed by atoms with van der Waals surface area (Å²) < 4.78 is 0. The molecule has 18 heavy (non-hydrogen) atoms. The molecule has 1 unspecified atom stereocenters. The lowest BCUT2D eigenvalue weighted by molar-refractivity contribution is 0.144. The van der Waals surface area contributed by atoms with Crippen LogP contribution in [0, 0.1) is 0 Å². The summed E-state index contributed by atoms with van der Waals surface area (Å²) in [5.74, 6) is 0.730. The molecule has 1 aromatic heterocycles. The Kier molecular flexibility index (Phi) is 9.87. The number of nitrogens with zero attached hydrogens (tertiary/aromatic N) is 2. The van der Waals surface area contributed by atoms with Gasteiger partial charge in [-0.2, -0.15) is 0 Å². The van der Waals surface area contributed by atoms with Crippen LogP contribution in [0.5, 0.6) is 0 Å². The molecule has 0 saturated carbocycles. The molecule has 104 valence electrons. The number of aromatic nitrogens is 1. The smallest absolute Gasteiger partial charge is 0.0960 e. The fraction of sp³-hybridized carbons (Fsp3) is 0.583. The van der Waals surface area contributed by atoms with Crippen molar-refractivity contribution in [2.75, 3.05) is 25.4 Å². The first-order valence-electron chi connectivity index (χ1n) is 5.79.